The Bertz CT molecular complexity index is 622. The maximum Gasteiger partial charge on any atom is 0.243 e. The molecule has 6 nitrogen and oxygen atoms in total. The third kappa shape index (κ3) is 3.65. The molecule has 8 heteroatoms. The summed E-state index contributed by atoms with van der Waals surface area (Å²) in [6, 6.07) is 3.09. The van der Waals surface area contributed by atoms with Crippen LogP contribution in [0.4, 0.5) is 0 Å². The van der Waals surface area contributed by atoms with E-state index in [0.29, 0.717) is 30.2 Å². The zero-order chi connectivity index (χ0) is 15.6. The second-order valence-electron chi connectivity index (χ2n) is 5.24. The third-order valence-electron chi connectivity index (χ3n) is 3.72. The van der Waals surface area contributed by atoms with E-state index in [-0.39, 0.29) is 23.3 Å². The molecule has 0 spiro atoms. The lowest BCUT2D eigenvalue weighted by atomic mass is 10.1. The monoisotopic (exact) mass is 350 g/mol. The molecule has 0 radical (unpaired) electrons. The molecule has 2 N–H and O–H groups in total. The summed E-state index contributed by atoms with van der Waals surface area (Å²) in [5.74, 6) is 0.923. The molecule has 1 aliphatic rings. The summed E-state index contributed by atoms with van der Waals surface area (Å²) in [5.41, 5.74) is 6.52. The second kappa shape index (κ2) is 7.50. The zero-order valence-corrected chi connectivity index (χ0v) is 14.7. The summed E-state index contributed by atoms with van der Waals surface area (Å²) >= 11 is 0. The molecule has 2 rings (SSSR count). The smallest absolute Gasteiger partial charge is 0.243 e. The van der Waals surface area contributed by atoms with E-state index in [4.69, 9.17) is 15.2 Å². The predicted molar refractivity (Wildman–Crippen MR) is 87.5 cm³/mol. The van der Waals surface area contributed by atoms with Crippen molar-refractivity contribution < 1.29 is 17.9 Å². The van der Waals surface area contributed by atoms with E-state index in [0.717, 1.165) is 12.8 Å². The molecule has 126 valence electrons. The van der Waals surface area contributed by atoms with Crippen LogP contribution in [0, 0.1) is 6.92 Å². The summed E-state index contributed by atoms with van der Waals surface area (Å²) in [6.45, 7) is 2.61. The van der Waals surface area contributed by atoms with E-state index in [1.54, 1.807) is 13.0 Å². The van der Waals surface area contributed by atoms with Crippen LogP contribution in [0.5, 0.6) is 11.5 Å². The Hall–Kier alpha value is -1.02. The van der Waals surface area contributed by atoms with Gasteiger partial charge in [-0.15, -0.1) is 12.4 Å². The van der Waals surface area contributed by atoms with E-state index >= 15 is 0 Å². The van der Waals surface area contributed by atoms with Crippen molar-refractivity contribution in [3.05, 3.63) is 17.7 Å². The highest BCUT2D eigenvalue weighted by molar-refractivity contribution is 7.89. The van der Waals surface area contributed by atoms with Gasteiger partial charge in [-0.05, 0) is 31.4 Å². The van der Waals surface area contributed by atoms with Crippen LogP contribution in [0.25, 0.3) is 0 Å². The molecule has 0 bridgehead atoms. The predicted octanol–water partition coefficient (Wildman–Crippen LogP) is 1.55. The first-order valence-electron chi connectivity index (χ1n) is 6.88. The minimum absolute atomic E-state index is 0. The summed E-state index contributed by atoms with van der Waals surface area (Å²) in [4.78, 5) is 0.245. The second-order valence-corrected chi connectivity index (χ2v) is 7.14. The lowest BCUT2D eigenvalue weighted by Gasteiger charge is -2.30. The van der Waals surface area contributed by atoms with E-state index < -0.39 is 10.0 Å². The van der Waals surface area contributed by atoms with Crippen LogP contribution in [-0.2, 0) is 10.0 Å². The van der Waals surface area contributed by atoms with Crippen LogP contribution < -0.4 is 15.2 Å². The van der Waals surface area contributed by atoms with Crippen molar-refractivity contribution in [2.45, 2.75) is 30.7 Å². The highest BCUT2D eigenvalue weighted by Gasteiger charge is 2.31. The molecule has 22 heavy (non-hydrogen) atoms. The quantitative estimate of drug-likeness (QED) is 0.890. The molecular formula is C14H23ClN2O4S. The Kier molecular flexibility index (Phi) is 6.49. The zero-order valence-electron chi connectivity index (χ0n) is 13.0. The number of nitrogens with zero attached hydrogens (tertiary/aromatic N) is 1. The molecule has 1 aromatic carbocycles. The van der Waals surface area contributed by atoms with Crippen molar-refractivity contribution in [1.29, 1.82) is 0 Å². The molecule has 1 atom stereocenters. The maximum absolute atomic E-state index is 12.8. The Morgan fingerprint density at radius 2 is 1.82 bits per heavy atom. The molecule has 1 aromatic rings. The van der Waals surface area contributed by atoms with Crippen molar-refractivity contribution >= 4 is 22.4 Å². The van der Waals surface area contributed by atoms with Gasteiger partial charge < -0.3 is 15.2 Å². The summed E-state index contributed by atoms with van der Waals surface area (Å²) in [5, 5.41) is 0. The first kappa shape index (κ1) is 19.0. The average molecular weight is 351 g/mol. The molecular weight excluding hydrogens is 328 g/mol. The molecule has 1 fully saturated rings. The number of rotatable bonds is 4. The number of hydrogen-bond acceptors (Lipinski definition) is 5. The Balaban J connectivity index is 0.00000242. The number of hydrogen-bond donors (Lipinski definition) is 1. The number of piperidine rings is 1. The number of sulfonamides is 1. The Morgan fingerprint density at radius 3 is 2.36 bits per heavy atom. The van der Waals surface area contributed by atoms with Crippen molar-refractivity contribution in [2.75, 3.05) is 27.3 Å². The number of halogens is 1. The fraction of sp³-hybridized carbons (Fsp3) is 0.571. The van der Waals surface area contributed by atoms with Crippen molar-refractivity contribution in [3.8, 4) is 11.5 Å². The molecule has 1 heterocycles. The van der Waals surface area contributed by atoms with Crippen molar-refractivity contribution in [1.82, 2.24) is 4.31 Å². The molecule has 1 saturated heterocycles. The highest BCUT2D eigenvalue weighted by Crippen LogP contribution is 2.34. The first-order valence-corrected chi connectivity index (χ1v) is 8.32. The average Bonchev–Trinajstić information content (AvgIpc) is 2.46. The van der Waals surface area contributed by atoms with Crippen LogP contribution in [0.3, 0.4) is 0 Å². The number of methoxy groups -OCH3 is 2. The lowest BCUT2D eigenvalue weighted by molar-refractivity contribution is 0.315. The van der Waals surface area contributed by atoms with Gasteiger partial charge in [-0.25, -0.2) is 8.42 Å². The van der Waals surface area contributed by atoms with Gasteiger partial charge in [0.1, 0.15) is 0 Å². The van der Waals surface area contributed by atoms with E-state index in [2.05, 4.69) is 0 Å². The van der Waals surface area contributed by atoms with Crippen LogP contribution in [0.2, 0.25) is 0 Å². The van der Waals surface area contributed by atoms with Gasteiger partial charge in [0.25, 0.3) is 0 Å². The fourth-order valence-corrected chi connectivity index (χ4v) is 4.33. The van der Waals surface area contributed by atoms with E-state index in [1.807, 2.05) is 0 Å². The van der Waals surface area contributed by atoms with Gasteiger partial charge in [-0.2, -0.15) is 4.31 Å². The topological polar surface area (TPSA) is 81.9 Å². The number of aryl methyl sites for hydroxylation is 1. The largest absolute Gasteiger partial charge is 0.493 e. The minimum atomic E-state index is -3.57. The van der Waals surface area contributed by atoms with E-state index in [1.165, 1.54) is 24.6 Å². The van der Waals surface area contributed by atoms with Crippen LogP contribution in [0.1, 0.15) is 18.4 Å². The summed E-state index contributed by atoms with van der Waals surface area (Å²) < 4.78 is 37.4. The first-order chi connectivity index (χ1) is 9.90. The molecule has 0 aromatic heterocycles. The maximum atomic E-state index is 12.8. The number of nitrogens with two attached hydrogens (primary N) is 1. The molecule has 1 aliphatic heterocycles. The van der Waals surface area contributed by atoms with Gasteiger partial charge in [0, 0.05) is 25.2 Å². The Labute approximate surface area is 138 Å². The van der Waals surface area contributed by atoms with Crippen LogP contribution in [0.15, 0.2) is 17.0 Å². The number of benzene rings is 1. The van der Waals surface area contributed by atoms with Gasteiger partial charge in [-0.1, -0.05) is 0 Å². The standard InChI is InChI=1S/C14H22N2O4S.ClH/c1-10-7-12(19-2)13(20-3)8-14(10)21(17,18)16-6-4-5-11(15)9-16;/h7-8,11H,4-6,9,15H2,1-3H3;1H/t11-;/m1./s1. The summed E-state index contributed by atoms with van der Waals surface area (Å²) in [6.07, 6.45) is 1.64. The van der Waals surface area contributed by atoms with Crippen LogP contribution >= 0.6 is 12.4 Å². The minimum Gasteiger partial charge on any atom is -0.493 e. The molecule has 0 unspecified atom stereocenters. The van der Waals surface area contributed by atoms with Gasteiger partial charge in [0.2, 0.25) is 10.0 Å². The normalized spacial score (nSPS) is 19.4. The lowest BCUT2D eigenvalue weighted by Crippen LogP contribution is -2.45. The number of ether oxygens (including phenoxy) is 2. The van der Waals surface area contributed by atoms with Gasteiger partial charge >= 0.3 is 0 Å². The van der Waals surface area contributed by atoms with Gasteiger partial charge in [0.15, 0.2) is 11.5 Å². The molecule has 0 amide bonds. The fourth-order valence-electron chi connectivity index (χ4n) is 2.57. The molecule has 0 aliphatic carbocycles. The van der Waals surface area contributed by atoms with E-state index in [9.17, 15) is 8.42 Å². The SMILES string of the molecule is COc1cc(C)c(S(=O)(=O)N2CCC[C@@H](N)C2)cc1OC.Cl. The highest BCUT2D eigenvalue weighted by atomic mass is 35.5. The van der Waals surface area contributed by atoms with Crippen LogP contribution in [-0.4, -0.2) is 46.1 Å². The van der Waals surface area contributed by atoms with Crippen molar-refractivity contribution in [2.24, 2.45) is 5.73 Å². The molecule has 0 saturated carbocycles. The Morgan fingerprint density at radius 1 is 1.23 bits per heavy atom. The summed E-state index contributed by atoms with van der Waals surface area (Å²) in [7, 11) is -0.556. The van der Waals surface area contributed by atoms with Gasteiger partial charge in [0.05, 0.1) is 19.1 Å². The third-order valence-corrected chi connectivity index (χ3v) is 5.73. The van der Waals surface area contributed by atoms with Gasteiger partial charge in [-0.3, -0.25) is 0 Å². The van der Waals surface area contributed by atoms with Crippen molar-refractivity contribution in [3.63, 3.8) is 0 Å².